The van der Waals surface area contributed by atoms with Gasteiger partial charge in [-0.1, -0.05) is 12.1 Å². The average molecular weight is 402 g/mol. The number of anilines is 1. The number of carbonyl (C=O) groups is 1. The van der Waals surface area contributed by atoms with Crippen molar-refractivity contribution in [3.63, 3.8) is 0 Å². The van der Waals surface area contributed by atoms with Crippen molar-refractivity contribution >= 4 is 33.5 Å². The number of hydrogen-bond donors (Lipinski definition) is 1. The molecule has 0 unspecified atom stereocenters. The molecular weight excluding hydrogens is 389 g/mol. The minimum absolute atomic E-state index is 0.0938. The molecule has 4 rings (SSSR count). The largest absolute Gasteiger partial charge is 0.465 e. The second-order valence-electron chi connectivity index (χ2n) is 6.26. The van der Waals surface area contributed by atoms with Crippen molar-refractivity contribution < 1.29 is 27.1 Å². The van der Waals surface area contributed by atoms with Gasteiger partial charge in [0.1, 0.15) is 11.1 Å². The number of nitrogen functional groups attached to an aromatic ring is 1. The van der Waals surface area contributed by atoms with Gasteiger partial charge in [-0.05, 0) is 30.3 Å². The molecule has 0 radical (unpaired) electrons. The van der Waals surface area contributed by atoms with E-state index in [1.54, 1.807) is 18.2 Å². The van der Waals surface area contributed by atoms with E-state index in [9.17, 15) is 22.8 Å². The van der Waals surface area contributed by atoms with Crippen LogP contribution in [0.15, 0.2) is 57.9 Å². The molecule has 0 amide bonds. The monoisotopic (exact) mass is 402 g/mol. The molecule has 0 saturated carbocycles. The Balaban J connectivity index is 2.22. The molecule has 0 bridgehead atoms. The van der Waals surface area contributed by atoms with E-state index in [-0.39, 0.29) is 22.3 Å². The molecule has 148 valence electrons. The van der Waals surface area contributed by atoms with Crippen LogP contribution in [0.3, 0.4) is 0 Å². The van der Waals surface area contributed by atoms with Crippen LogP contribution in [0.25, 0.3) is 27.6 Å². The summed E-state index contributed by atoms with van der Waals surface area (Å²) in [4.78, 5) is 25.4. The summed E-state index contributed by atoms with van der Waals surface area (Å²) < 4.78 is 50.9. The zero-order valence-electron chi connectivity index (χ0n) is 14.9. The molecule has 0 atom stereocenters. The summed E-state index contributed by atoms with van der Waals surface area (Å²) in [7, 11) is 1.08. The summed E-state index contributed by atoms with van der Waals surface area (Å²) in [6.45, 7) is 0. The molecule has 0 saturated heterocycles. The van der Waals surface area contributed by atoms with E-state index in [2.05, 4.69) is 4.74 Å². The molecule has 2 N–H and O–H groups in total. The van der Waals surface area contributed by atoms with Gasteiger partial charge < -0.3 is 14.9 Å². The molecule has 0 aliphatic heterocycles. The number of aromatic nitrogens is 1. The van der Waals surface area contributed by atoms with Crippen molar-refractivity contribution in [2.75, 3.05) is 12.8 Å². The maximum absolute atomic E-state index is 13.3. The Hall–Kier alpha value is -3.75. The Labute approximate surface area is 160 Å². The number of nitrogens with zero attached hydrogens (tertiary/aromatic N) is 1. The van der Waals surface area contributed by atoms with Crippen LogP contribution in [-0.4, -0.2) is 17.6 Å². The topological polar surface area (TPSA) is 87.5 Å². The van der Waals surface area contributed by atoms with Gasteiger partial charge in [-0.3, -0.25) is 9.36 Å². The van der Waals surface area contributed by atoms with Crippen molar-refractivity contribution in [3.8, 4) is 5.69 Å². The summed E-state index contributed by atoms with van der Waals surface area (Å²) in [6.07, 6.45) is -3.24. The Kier molecular flexibility index (Phi) is 4.11. The van der Waals surface area contributed by atoms with Crippen LogP contribution in [0.2, 0.25) is 0 Å². The zero-order chi connectivity index (χ0) is 20.9. The Morgan fingerprint density at radius 2 is 1.90 bits per heavy atom. The predicted molar refractivity (Wildman–Crippen MR) is 100 cm³/mol. The molecule has 0 aliphatic carbocycles. The lowest BCUT2D eigenvalue weighted by Crippen LogP contribution is -2.28. The first-order valence-corrected chi connectivity index (χ1v) is 8.34. The van der Waals surface area contributed by atoms with Crippen LogP contribution >= 0.6 is 0 Å². The fourth-order valence-corrected chi connectivity index (χ4v) is 3.30. The van der Waals surface area contributed by atoms with Crippen LogP contribution in [0.5, 0.6) is 0 Å². The number of furan rings is 1. The SMILES string of the molecule is COC(=O)c1c(N)c2ccc(C(F)(F)F)cc2n(-c2cccc3occc23)c1=O. The Morgan fingerprint density at radius 3 is 2.59 bits per heavy atom. The first kappa shape index (κ1) is 18.6. The summed E-state index contributed by atoms with van der Waals surface area (Å²) in [5.74, 6) is -0.984. The highest BCUT2D eigenvalue weighted by Crippen LogP contribution is 2.35. The van der Waals surface area contributed by atoms with Crippen molar-refractivity contribution in [1.29, 1.82) is 0 Å². The molecule has 6 nitrogen and oxygen atoms in total. The van der Waals surface area contributed by atoms with E-state index < -0.39 is 28.8 Å². The third kappa shape index (κ3) is 2.82. The van der Waals surface area contributed by atoms with Crippen molar-refractivity contribution in [2.45, 2.75) is 6.18 Å². The minimum atomic E-state index is -4.63. The van der Waals surface area contributed by atoms with Gasteiger partial charge in [0, 0.05) is 10.8 Å². The molecule has 0 spiro atoms. The normalized spacial score (nSPS) is 11.9. The molecule has 29 heavy (non-hydrogen) atoms. The highest BCUT2D eigenvalue weighted by Gasteiger charge is 2.32. The van der Waals surface area contributed by atoms with Crippen LogP contribution in [0.4, 0.5) is 18.9 Å². The summed E-state index contributed by atoms with van der Waals surface area (Å²) >= 11 is 0. The van der Waals surface area contributed by atoms with Gasteiger partial charge in [0.25, 0.3) is 5.56 Å². The second-order valence-corrected chi connectivity index (χ2v) is 6.26. The summed E-state index contributed by atoms with van der Waals surface area (Å²) in [5.41, 5.74) is 4.00. The van der Waals surface area contributed by atoms with Crippen LogP contribution in [-0.2, 0) is 10.9 Å². The molecule has 9 heteroatoms. The molecule has 2 heterocycles. The fourth-order valence-electron chi connectivity index (χ4n) is 3.30. The number of fused-ring (bicyclic) bond motifs is 2. The molecule has 0 aliphatic rings. The van der Waals surface area contributed by atoms with Gasteiger partial charge in [0.2, 0.25) is 0 Å². The number of benzene rings is 2. The van der Waals surface area contributed by atoms with Crippen LogP contribution < -0.4 is 11.3 Å². The Bertz CT molecular complexity index is 1340. The summed E-state index contributed by atoms with van der Waals surface area (Å²) in [5, 5.41) is 0.590. The average Bonchev–Trinajstić information content (AvgIpc) is 3.16. The lowest BCUT2D eigenvalue weighted by Gasteiger charge is -2.17. The van der Waals surface area contributed by atoms with Crippen molar-refractivity contribution in [3.05, 3.63) is 70.2 Å². The third-order valence-corrected chi connectivity index (χ3v) is 4.65. The van der Waals surface area contributed by atoms with Gasteiger partial charge in [0.15, 0.2) is 0 Å². The van der Waals surface area contributed by atoms with Gasteiger partial charge in [-0.25, -0.2) is 4.79 Å². The number of methoxy groups -OCH3 is 1. The minimum Gasteiger partial charge on any atom is -0.465 e. The number of rotatable bonds is 2. The first-order chi connectivity index (χ1) is 13.7. The van der Waals surface area contributed by atoms with Gasteiger partial charge >= 0.3 is 12.1 Å². The number of pyridine rings is 1. The van der Waals surface area contributed by atoms with E-state index in [0.29, 0.717) is 11.0 Å². The molecule has 4 aromatic rings. The lowest BCUT2D eigenvalue weighted by atomic mass is 10.0. The molecule has 2 aromatic heterocycles. The maximum atomic E-state index is 13.3. The molecule has 0 fully saturated rings. The van der Waals surface area contributed by atoms with Crippen LogP contribution in [0, 0.1) is 0 Å². The van der Waals surface area contributed by atoms with E-state index in [0.717, 1.165) is 29.9 Å². The highest BCUT2D eigenvalue weighted by atomic mass is 19.4. The number of halogens is 3. The van der Waals surface area contributed by atoms with E-state index in [4.69, 9.17) is 10.2 Å². The zero-order valence-corrected chi connectivity index (χ0v) is 14.9. The molecular formula is C20H13F3N2O4. The number of nitrogens with two attached hydrogens (primary N) is 1. The van der Waals surface area contributed by atoms with Crippen molar-refractivity contribution in [1.82, 2.24) is 4.57 Å². The van der Waals surface area contributed by atoms with E-state index in [1.807, 2.05) is 0 Å². The Morgan fingerprint density at radius 1 is 1.14 bits per heavy atom. The quantitative estimate of drug-likeness (QED) is 0.510. The number of hydrogen-bond acceptors (Lipinski definition) is 5. The smallest absolute Gasteiger partial charge is 0.416 e. The van der Waals surface area contributed by atoms with Gasteiger partial charge in [0.05, 0.1) is 35.8 Å². The number of carbonyl (C=O) groups excluding carboxylic acids is 1. The third-order valence-electron chi connectivity index (χ3n) is 4.65. The second kappa shape index (κ2) is 6.40. The van der Waals surface area contributed by atoms with Crippen LogP contribution in [0.1, 0.15) is 15.9 Å². The van der Waals surface area contributed by atoms with E-state index in [1.165, 1.54) is 12.3 Å². The fraction of sp³-hybridized carbons (Fsp3) is 0.100. The number of ether oxygens (including phenoxy) is 1. The van der Waals surface area contributed by atoms with Gasteiger partial charge in [-0.2, -0.15) is 13.2 Å². The standard InChI is InChI=1S/C20H13F3N2O4/c1-28-19(27)16-17(24)12-6-5-10(20(21,22)23)9-14(12)25(18(16)26)13-3-2-4-15-11(13)7-8-29-15/h2-9H,24H2,1H3. The van der Waals surface area contributed by atoms with Gasteiger partial charge in [-0.15, -0.1) is 0 Å². The molecule has 2 aromatic carbocycles. The maximum Gasteiger partial charge on any atom is 0.416 e. The highest BCUT2D eigenvalue weighted by molar-refractivity contribution is 6.05. The van der Waals surface area contributed by atoms with Crippen molar-refractivity contribution in [2.24, 2.45) is 0 Å². The first-order valence-electron chi connectivity index (χ1n) is 8.34. The van der Waals surface area contributed by atoms with E-state index >= 15 is 0 Å². The number of alkyl halides is 3. The lowest BCUT2D eigenvalue weighted by molar-refractivity contribution is -0.137. The summed E-state index contributed by atoms with van der Waals surface area (Å²) in [6, 6.07) is 9.14. The predicted octanol–water partition coefficient (Wildman–Crippen LogP) is 4.12. The number of esters is 1.